The molecule has 0 aliphatic heterocycles. The van der Waals surface area contributed by atoms with Crippen molar-refractivity contribution < 1.29 is 39.2 Å². The number of hydrogen-bond acceptors (Lipinski definition) is 5. The van der Waals surface area contributed by atoms with Gasteiger partial charge < -0.3 is 20.1 Å². The third kappa shape index (κ3) is 4.40. The lowest BCUT2D eigenvalue weighted by atomic mass is 9.90. The summed E-state index contributed by atoms with van der Waals surface area (Å²) in [6.45, 7) is -0.710. The fourth-order valence-electron chi connectivity index (χ4n) is 1.09. The summed E-state index contributed by atoms with van der Waals surface area (Å²) in [5.41, 5.74) is 0. The molecule has 0 amide bonds. The maximum absolute atomic E-state index is 10.7. The first-order valence-electron chi connectivity index (χ1n) is 4.12. The average Bonchev–Trinajstić information content (AvgIpc) is 2.15. The molecule has 2 unspecified atom stereocenters. The van der Waals surface area contributed by atoms with Gasteiger partial charge in [-0.3, -0.25) is 19.2 Å². The van der Waals surface area contributed by atoms with Gasteiger partial charge in [0.1, 0.15) is 12.5 Å². The maximum atomic E-state index is 10.7. The van der Waals surface area contributed by atoms with Crippen molar-refractivity contribution in [3.05, 3.63) is 0 Å². The number of carboxylic acids is 3. The van der Waals surface area contributed by atoms with Crippen LogP contribution < -0.4 is 0 Å². The van der Waals surface area contributed by atoms with Crippen molar-refractivity contribution in [2.24, 2.45) is 11.8 Å². The zero-order chi connectivity index (χ0) is 12.7. The van der Waals surface area contributed by atoms with E-state index in [0.29, 0.717) is 0 Å². The van der Waals surface area contributed by atoms with Gasteiger partial charge in [0, 0.05) is 0 Å². The molecular weight excluding hydrogens is 224 g/mol. The molecule has 16 heavy (non-hydrogen) atoms. The first-order valence-corrected chi connectivity index (χ1v) is 4.12. The molecule has 3 N–H and O–H groups in total. The zero-order valence-corrected chi connectivity index (χ0v) is 8.03. The minimum Gasteiger partial charge on any atom is -0.481 e. The molecule has 0 saturated heterocycles. The third-order valence-corrected chi connectivity index (χ3v) is 1.86. The molecule has 0 heterocycles. The SMILES string of the molecule is O=COCC(C(=O)O)C(CC(=O)O)C(=O)O. The number of hydrogen-bond donors (Lipinski definition) is 3. The van der Waals surface area contributed by atoms with Crippen LogP contribution in [0.2, 0.25) is 0 Å². The highest BCUT2D eigenvalue weighted by atomic mass is 16.5. The first kappa shape index (κ1) is 13.9. The fraction of sp³-hybridized carbons (Fsp3) is 0.500. The summed E-state index contributed by atoms with van der Waals surface area (Å²) < 4.78 is 4.15. The molecule has 0 aromatic rings. The lowest BCUT2D eigenvalue weighted by Crippen LogP contribution is -2.34. The standard InChI is InChI=1S/C8H10O8/c9-3-16-2-5(8(14)15)4(7(12)13)1-6(10)11/h3-5H,1-2H2,(H,10,11)(H,12,13)(H,14,15). The molecule has 0 aliphatic rings. The van der Waals surface area contributed by atoms with Crippen LogP contribution in [0.1, 0.15) is 6.42 Å². The van der Waals surface area contributed by atoms with Crippen LogP contribution in [-0.4, -0.2) is 46.3 Å². The molecule has 0 spiro atoms. The fourth-order valence-corrected chi connectivity index (χ4v) is 1.09. The second-order valence-corrected chi connectivity index (χ2v) is 2.92. The van der Waals surface area contributed by atoms with E-state index in [1.165, 1.54) is 0 Å². The van der Waals surface area contributed by atoms with Crippen molar-refractivity contribution in [1.29, 1.82) is 0 Å². The normalized spacial score (nSPS) is 13.5. The van der Waals surface area contributed by atoms with Crippen molar-refractivity contribution in [3.8, 4) is 0 Å². The van der Waals surface area contributed by atoms with E-state index in [0.717, 1.165) is 0 Å². The summed E-state index contributed by atoms with van der Waals surface area (Å²) in [6, 6.07) is 0. The minimum atomic E-state index is -1.64. The summed E-state index contributed by atoms with van der Waals surface area (Å²) in [4.78, 5) is 41.6. The monoisotopic (exact) mass is 234 g/mol. The van der Waals surface area contributed by atoms with E-state index in [1.807, 2.05) is 0 Å². The molecule has 0 rings (SSSR count). The Morgan fingerprint density at radius 1 is 1.06 bits per heavy atom. The van der Waals surface area contributed by atoms with Crippen LogP contribution in [0, 0.1) is 11.8 Å². The van der Waals surface area contributed by atoms with Crippen LogP contribution in [0.25, 0.3) is 0 Å². The number of carbonyl (C=O) groups excluding carboxylic acids is 1. The van der Waals surface area contributed by atoms with Gasteiger partial charge in [-0.15, -0.1) is 0 Å². The highest BCUT2D eigenvalue weighted by Gasteiger charge is 2.36. The number of aliphatic carboxylic acids is 3. The second kappa shape index (κ2) is 6.38. The molecule has 0 fully saturated rings. The second-order valence-electron chi connectivity index (χ2n) is 2.92. The summed E-state index contributed by atoms with van der Waals surface area (Å²) in [5, 5.41) is 25.8. The van der Waals surface area contributed by atoms with Crippen molar-refractivity contribution in [2.75, 3.05) is 6.61 Å². The van der Waals surface area contributed by atoms with Crippen LogP contribution >= 0.6 is 0 Å². The molecule has 0 radical (unpaired) electrons. The molecule has 0 bridgehead atoms. The first-order chi connectivity index (χ1) is 7.40. The van der Waals surface area contributed by atoms with Gasteiger partial charge >= 0.3 is 17.9 Å². The zero-order valence-electron chi connectivity index (χ0n) is 8.03. The van der Waals surface area contributed by atoms with Gasteiger partial charge in [-0.05, 0) is 0 Å². The van der Waals surface area contributed by atoms with Gasteiger partial charge in [0.15, 0.2) is 0 Å². The molecule has 90 valence electrons. The number of carbonyl (C=O) groups is 4. The molecule has 2 atom stereocenters. The Bertz CT molecular complexity index is 296. The number of carboxylic acid groups (broad SMARTS) is 3. The summed E-state index contributed by atoms with van der Waals surface area (Å²) in [7, 11) is 0. The Labute approximate surface area is 89.4 Å². The van der Waals surface area contributed by atoms with E-state index in [1.54, 1.807) is 0 Å². The van der Waals surface area contributed by atoms with Gasteiger partial charge in [0.25, 0.3) is 6.47 Å². The van der Waals surface area contributed by atoms with Gasteiger partial charge in [-0.25, -0.2) is 0 Å². The summed E-state index contributed by atoms with van der Waals surface area (Å²) in [6.07, 6.45) is -0.853. The van der Waals surface area contributed by atoms with Crippen LogP contribution in [0.3, 0.4) is 0 Å². The minimum absolute atomic E-state index is 0.0321. The molecule has 0 aromatic carbocycles. The summed E-state index contributed by atoms with van der Waals surface area (Å²) in [5.74, 6) is -7.77. The van der Waals surface area contributed by atoms with Crippen LogP contribution in [0.5, 0.6) is 0 Å². The Kier molecular flexibility index (Phi) is 5.53. The maximum Gasteiger partial charge on any atom is 0.310 e. The highest BCUT2D eigenvalue weighted by Crippen LogP contribution is 2.17. The predicted molar refractivity (Wildman–Crippen MR) is 46.5 cm³/mol. The Balaban J connectivity index is 4.78. The Morgan fingerprint density at radius 3 is 1.88 bits per heavy atom. The van der Waals surface area contributed by atoms with E-state index in [9.17, 15) is 19.2 Å². The largest absolute Gasteiger partial charge is 0.481 e. The third-order valence-electron chi connectivity index (χ3n) is 1.86. The van der Waals surface area contributed by atoms with E-state index < -0.39 is 42.8 Å². The smallest absolute Gasteiger partial charge is 0.310 e. The lowest BCUT2D eigenvalue weighted by molar-refractivity contribution is -0.160. The van der Waals surface area contributed by atoms with Gasteiger partial charge in [-0.2, -0.15) is 0 Å². The molecule has 8 nitrogen and oxygen atoms in total. The Hall–Kier alpha value is -2.12. The van der Waals surface area contributed by atoms with Gasteiger partial charge in [-0.1, -0.05) is 0 Å². The summed E-state index contributed by atoms with van der Waals surface area (Å²) >= 11 is 0. The van der Waals surface area contributed by atoms with E-state index in [2.05, 4.69) is 4.74 Å². The molecule has 0 aliphatic carbocycles. The Morgan fingerprint density at radius 2 is 1.56 bits per heavy atom. The molecular formula is C8H10O8. The van der Waals surface area contributed by atoms with Crippen molar-refractivity contribution in [3.63, 3.8) is 0 Å². The quantitative estimate of drug-likeness (QED) is 0.456. The lowest BCUT2D eigenvalue weighted by Gasteiger charge is -2.17. The number of rotatable bonds is 8. The topological polar surface area (TPSA) is 138 Å². The van der Waals surface area contributed by atoms with Crippen LogP contribution in [0.4, 0.5) is 0 Å². The molecule has 8 heteroatoms. The highest BCUT2D eigenvalue weighted by molar-refractivity contribution is 5.84. The number of ether oxygens (including phenoxy) is 1. The van der Waals surface area contributed by atoms with E-state index in [4.69, 9.17) is 15.3 Å². The van der Waals surface area contributed by atoms with Crippen molar-refractivity contribution >= 4 is 24.4 Å². The average molecular weight is 234 g/mol. The van der Waals surface area contributed by atoms with Gasteiger partial charge in [0.05, 0.1) is 12.3 Å². The van der Waals surface area contributed by atoms with Crippen molar-refractivity contribution in [1.82, 2.24) is 0 Å². The molecule has 0 aromatic heterocycles. The van der Waals surface area contributed by atoms with E-state index in [-0.39, 0.29) is 6.47 Å². The predicted octanol–water partition coefficient (Wildman–Crippen LogP) is -0.964. The van der Waals surface area contributed by atoms with Crippen molar-refractivity contribution in [2.45, 2.75) is 6.42 Å². The van der Waals surface area contributed by atoms with Gasteiger partial charge in [0.2, 0.25) is 0 Å². The van der Waals surface area contributed by atoms with Crippen LogP contribution in [0.15, 0.2) is 0 Å². The molecule has 0 saturated carbocycles. The van der Waals surface area contributed by atoms with Crippen LogP contribution in [-0.2, 0) is 23.9 Å². The van der Waals surface area contributed by atoms with E-state index >= 15 is 0 Å².